The summed E-state index contributed by atoms with van der Waals surface area (Å²) in [6, 6.07) is 11.0. The zero-order chi connectivity index (χ0) is 21.3. The number of halogens is 2. The van der Waals surface area contributed by atoms with Crippen LogP contribution in [0.2, 0.25) is 0 Å². The summed E-state index contributed by atoms with van der Waals surface area (Å²) in [5, 5.41) is 0. The molecule has 0 spiro atoms. The SMILES string of the molecule is CCCCCC1CCC(c2ccc(-c3ccc(OCCOC)c(F)c3F)cc2)CC1. The van der Waals surface area contributed by atoms with Gasteiger partial charge in [0.1, 0.15) is 6.61 Å². The second-order valence-electron chi connectivity index (χ2n) is 8.42. The molecule has 30 heavy (non-hydrogen) atoms. The summed E-state index contributed by atoms with van der Waals surface area (Å²) < 4.78 is 39.1. The Kier molecular flexibility index (Phi) is 8.68. The predicted molar refractivity (Wildman–Crippen MR) is 118 cm³/mol. The number of unbranched alkanes of at least 4 members (excludes halogenated alkanes) is 2. The van der Waals surface area contributed by atoms with Crippen molar-refractivity contribution in [3.05, 3.63) is 53.6 Å². The largest absolute Gasteiger partial charge is 0.488 e. The number of benzene rings is 2. The van der Waals surface area contributed by atoms with Crippen molar-refractivity contribution >= 4 is 0 Å². The molecule has 2 nitrogen and oxygen atoms in total. The minimum absolute atomic E-state index is 0.0828. The van der Waals surface area contributed by atoms with Gasteiger partial charge in [-0.15, -0.1) is 0 Å². The highest BCUT2D eigenvalue weighted by molar-refractivity contribution is 5.65. The van der Waals surface area contributed by atoms with Gasteiger partial charge in [-0.3, -0.25) is 0 Å². The monoisotopic (exact) mass is 416 g/mol. The molecule has 0 atom stereocenters. The van der Waals surface area contributed by atoms with Gasteiger partial charge < -0.3 is 9.47 Å². The lowest BCUT2D eigenvalue weighted by molar-refractivity contribution is 0.143. The molecular weight excluding hydrogens is 382 g/mol. The van der Waals surface area contributed by atoms with Crippen LogP contribution in [-0.2, 0) is 4.74 Å². The number of hydrogen-bond acceptors (Lipinski definition) is 2. The molecule has 2 aromatic carbocycles. The molecule has 1 aliphatic carbocycles. The van der Waals surface area contributed by atoms with Crippen LogP contribution in [0.4, 0.5) is 8.78 Å². The number of hydrogen-bond donors (Lipinski definition) is 0. The van der Waals surface area contributed by atoms with Gasteiger partial charge in [-0.05, 0) is 60.8 Å². The molecule has 0 amide bonds. The van der Waals surface area contributed by atoms with Crippen LogP contribution in [0.25, 0.3) is 11.1 Å². The molecule has 3 rings (SSSR count). The molecule has 1 fully saturated rings. The summed E-state index contributed by atoms with van der Waals surface area (Å²) in [6.07, 6.45) is 10.4. The fourth-order valence-corrected chi connectivity index (χ4v) is 4.50. The summed E-state index contributed by atoms with van der Waals surface area (Å²) in [4.78, 5) is 0. The van der Waals surface area contributed by atoms with E-state index in [0.717, 1.165) is 5.92 Å². The average Bonchev–Trinajstić information content (AvgIpc) is 2.78. The molecule has 0 unspecified atom stereocenters. The average molecular weight is 417 g/mol. The standard InChI is InChI=1S/C26H34F2O2/c1-3-4-5-6-19-7-9-20(10-8-19)21-11-13-22(14-12-21)23-15-16-24(26(28)25(23)27)30-18-17-29-2/h11-16,19-20H,3-10,17-18H2,1-2H3. The van der Waals surface area contributed by atoms with Gasteiger partial charge in [0.25, 0.3) is 0 Å². The maximum absolute atomic E-state index is 14.6. The van der Waals surface area contributed by atoms with Gasteiger partial charge >= 0.3 is 0 Å². The summed E-state index contributed by atoms with van der Waals surface area (Å²) in [7, 11) is 1.53. The highest BCUT2D eigenvalue weighted by Crippen LogP contribution is 2.38. The van der Waals surface area contributed by atoms with Crippen LogP contribution in [0.5, 0.6) is 5.75 Å². The zero-order valence-corrected chi connectivity index (χ0v) is 18.3. The zero-order valence-electron chi connectivity index (χ0n) is 18.3. The van der Waals surface area contributed by atoms with Gasteiger partial charge in [-0.25, -0.2) is 4.39 Å². The number of rotatable bonds is 10. The van der Waals surface area contributed by atoms with Crippen LogP contribution in [0, 0.1) is 17.6 Å². The Hall–Kier alpha value is -1.94. The van der Waals surface area contributed by atoms with Crippen molar-refractivity contribution in [3.8, 4) is 16.9 Å². The van der Waals surface area contributed by atoms with Crippen LogP contribution in [0.1, 0.15) is 69.8 Å². The van der Waals surface area contributed by atoms with Crippen molar-refractivity contribution in [2.75, 3.05) is 20.3 Å². The minimum atomic E-state index is -0.950. The molecule has 4 heteroatoms. The summed E-state index contributed by atoms with van der Waals surface area (Å²) in [5.74, 6) is -0.437. The topological polar surface area (TPSA) is 18.5 Å². The Balaban J connectivity index is 1.61. The van der Waals surface area contributed by atoms with Gasteiger partial charge in [0.15, 0.2) is 11.6 Å². The molecule has 1 saturated carbocycles. The fourth-order valence-electron chi connectivity index (χ4n) is 4.50. The van der Waals surface area contributed by atoms with Crippen molar-refractivity contribution in [3.63, 3.8) is 0 Å². The van der Waals surface area contributed by atoms with Crippen LogP contribution in [0.15, 0.2) is 36.4 Å². The van der Waals surface area contributed by atoms with Crippen molar-refractivity contribution in [1.29, 1.82) is 0 Å². The Morgan fingerprint density at radius 1 is 0.867 bits per heavy atom. The normalized spacial score (nSPS) is 19.1. The van der Waals surface area contributed by atoms with E-state index in [4.69, 9.17) is 9.47 Å². The molecule has 0 heterocycles. The van der Waals surface area contributed by atoms with E-state index in [1.165, 1.54) is 70.1 Å². The van der Waals surface area contributed by atoms with Gasteiger partial charge in [0.2, 0.25) is 5.82 Å². The molecule has 0 radical (unpaired) electrons. The smallest absolute Gasteiger partial charge is 0.201 e. The minimum Gasteiger partial charge on any atom is -0.488 e. The Morgan fingerprint density at radius 3 is 2.27 bits per heavy atom. The van der Waals surface area contributed by atoms with Crippen molar-refractivity contribution in [1.82, 2.24) is 0 Å². The fraction of sp³-hybridized carbons (Fsp3) is 0.538. The molecule has 164 valence electrons. The molecule has 2 aromatic rings. The Labute approximate surface area is 179 Å². The van der Waals surface area contributed by atoms with E-state index in [1.807, 2.05) is 12.1 Å². The Morgan fingerprint density at radius 2 is 1.60 bits per heavy atom. The van der Waals surface area contributed by atoms with Gasteiger partial charge in [0.05, 0.1) is 6.61 Å². The third-order valence-electron chi connectivity index (χ3n) is 6.35. The van der Waals surface area contributed by atoms with E-state index in [9.17, 15) is 8.78 Å². The van der Waals surface area contributed by atoms with E-state index < -0.39 is 11.6 Å². The molecular formula is C26H34F2O2. The second-order valence-corrected chi connectivity index (χ2v) is 8.42. The number of methoxy groups -OCH3 is 1. The predicted octanol–water partition coefficient (Wildman–Crippen LogP) is 7.51. The molecule has 0 aromatic heterocycles. The lowest BCUT2D eigenvalue weighted by Gasteiger charge is -2.29. The van der Waals surface area contributed by atoms with Crippen LogP contribution in [0.3, 0.4) is 0 Å². The second kappa shape index (κ2) is 11.5. The van der Waals surface area contributed by atoms with Crippen molar-refractivity contribution in [2.45, 2.75) is 64.2 Å². The molecule has 1 aliphatic rings. The number of ether oxygens (including phenoxy) is 2. The molecule has 0 saturated heterocycles. The first-order valence-electron chi connectivity index (χ1n) is 11.3. The molecule has 0 N–H and O–H groups in total. The highest BCUT2D eigenvalue weighted by Gasteiger charge is 2.22. The molecule has 0 aliphatic heterocycles. The van der Waals surface area contributed by atoms with Crippen LogP contribution < -0.4 is 4.74 Å². The third kappa shape index (κ3) is 5.81. The molecule has 0 bridgehead atoms. The first kappa shape index (κ1) is 22.7. The summed E-state index contributed by atoms with van der Waals surface area (Å²) in [5.41, 5.74) is 2.26. The third-order valence-corrected chi connectivity index (χ3v) is 6.35. The van der Waals surface area contributed by atoms with Crippen molar-refractivity contribution in [2.24, 2.45) is 5.92 Å². The van der Waals surface area contributed by atoms with Gasteiger partial charge in [-0.2, -0.15) is 4.39 Å². The lowest BCUT2D eigenvalue weighted by atomic mass is 9.77. The lowest BCUT2D eigenvalue weighted by Crippen LogP contribution is -2.13. The summed E-state index contributed by atoms with van der Waals surface area (Å²) >= 11 is 0. The first-order valence-corrected chi connectivity index (χ1v) is 11.3. The van der Waals surface area contributed by atoms with Crippen LogP contribution in [-0.4, -0.2) is 20.3 Å². The quantitative estimate of drug-likeness (QED) is 0.373. The van der Waals surface area contributed by atoms with E-state index in [2.05, 4.69) is 19.1 Å². The van der Waals surface area contributed by atoms with E-state index in [1.54, 1.807) is 6.07 Å². The van der Waals surface area contributed by atoms with E-state index >= 15 is 0 Å². The van der Waals surface area contributed by atoms with Crippen LogP contribution >= 0.6 is 0 Å². The van der Waals surface area contributed by atoms with Crippen molar-refractivity contribution < 1.29 is 18.3 Å². The first-order chi connectivity index (χ1) is 14.6. The van der Waals surface area contributed by atoms with E-state index in [-0.39, 0.29) is 17.9 Å². The van der Waals surface area contributed by atoms with E-state index in [0.29, 0.717) is 18.1 Å². The summed E-state index contributed by atoms with van der Waals surface area (Å²) in [6.45, 7) is 2.76. The maximum Gasteiger partial charge on any atom is 0.201 e. The van der Waals surface area contributed by atoms with Gasteiger partial charge in [0, 0.05) is 12.7 Å². The highest BCUT2D eigenvalue weighted by atomic mass is 19.2. The van der Waals surface area contributed by atoms with Gasteiger partial charge in [-0.1, -0.05) is 56.9 Å². The maximum atomic E-state index is 14.6. The Bertz CT molecular complexity index is 780.